The van der Waals surface area contributed by atoms with Crippen LogP contribution in [-0.2, 0) is 14.9 Å². The van der Waals surface area contributed by atoms with E-state index in [0.29, 0.717) is 37.4 Å². The molecule has 0 atom stereocenters. The summed E-state index contributed by atoms with van der Waals surface area (Å²) < 4.78 is 19.1. The van der Waals surface area contributed by atoms with Gasteiger partial charge in [-0.25, -0.2) is 9.78 Å². The van der Waals surface area contributed by atoms with Crippen LogP contribution in [-0.4, -0.2) is 41.7 Å². The van der Waals surface area contributed by atoms with E-state index in [1.54, 1.807) is 32.2 Å². The first-order valence-corrected chi connectivity index (χ1v) is 12.7. The van der Waals surface area contributed by atoms with Crippen molar-refractivity contribution < 1.29 is 19.0 Å². The molecule has 3 aromatic rings. The molecule has 0 spiro atoms. The highest BCUT2D eigenvalue weighted by Crippen LogP contribution is 2.33. The van der Waals surface area contributed by atoms with Crippen molar-refractivity contribution in [1.29, 1.82) is 0 Å². The first-order valence-electron chi connectivity index (χ1n) is 10.9. The number of methoxy groups -OCH3 is 1. The highest BCUT2D eigenvalue weighted by atomic mass is 127. The maximum absolute atomic E-state index is 13.3. The van der Waals surface area contributed by atoms with Crippen LogP contribution in [0.15, 0.2) is 44.7 Å². The zero-order valence-electron chi connectivity index (χ0n) is 20.4. The zero-order valence-corrected chi connectivity index (χ0v) is 24.1. The van der Waals surface area contributed by atoms with E-state index < -0.39 is 11.4 Å². The van der Waals surface area contributed by atoms with Crippen molar-refractivity contribution in [3.05, 3.63) is 60.1 Å². The first-order chi connectivity index (χ1) is 16.4. The lowest BCUT2D eigenvalue weighted by molar-refractivity contribution is -0.149. The Kier molecular flexibility index (Phi) is 8.58. The van der Waals surface area contributed by atoms with Crippen molar-refractivity contribution in [3.63, 3.8) is 0 Å². The Morgan fingerprint density at radius 3 is 2.60 bits per heavy atom. The molecule has 35 heavy (non-hydrogen) atoms. The van der Waals surface area contributed by atoms with Gasteiger partial charge in [0.15, 0.2) is 18.1 Å². The van der Waals surface area contributed by atoms with Crippen molar-refractivity contribution in [1.82, 2.24) is 9.66 Å². The summed E-state index contributed by atoms with van der Waals surface area (Å²) in [4.78, 5) is 29.9. The van der Waals surface area contributed by atoms with Gasteiger partial charge >= 0.3 is 5.97 Å². The molecule has 0 amide bonds. The smallest absolute Gasteiger partial charge is 0.344 e. The van der Waals surface area contributed by atoms with E-state index in [2.05, 4.69) is 43.6 Å². The number of hydrogen-bond acceptors (Lipinski definition) is 7. The van der Waals surface area contributed by atoms with Crippen molar-refractivity contribution in [2.24, 2.45) is 5.10 Å². The molecule has 0 N–H and O–H groups in total. The molecule has 186 valence electrons. The number of carbonyl (C=O) groups excluding carboxylic acids is 1. The molecule has 3 rings (SSSR count). The van der Waals surface area contributed by atoms with E-state index in [-0.39, 0.29) is 18.3 Å². The molecule has 0 unspecified atom stereocenters. The van der Waals surface area contributed by atoms with Crippen molar-refractivity contribution in [2.75, 3.05) is 13.7 Å². The molecule has 1 aromatic heterocycles. The number of hydrogen-bond donors (Lipinski definition) is 0. The predicted molar refractivity (Wildman–Crippen MR) is 148 cm³/mol. The predicted octanol–water partition coefficient (Wildman–Crippen LogP) is 5.28. The average Bonchev–Trinajstić information content (AvgIpc) is 2.76. The quantitative estimate of drug-likeness (QED) is 0.195. The van der Waals surface area contributed by atoms with Crippen molar-refractivity contribution in [2.45, 2.75) is 46.1 Å². The standard InChI is InChI=1S/C25H27BrIN3O5/c1-14(2)35-21(31)13-34-22-18(27)9-15(10-20(22)33-6)12-28-30-23(32)17-11-16(26)7-8-19(17)29-24(30)25(3,4)5/h7-12,14H,13H2,1-6H3. The summed E-state index contributed by atoms with van der Waals surface area (Å²) in [6, 6.07) is 8.96. The third kappa shape index (κ3) is 6.60. The van der Waals surface area contributed by atoms with Gasteiger partial charge in [-0.1, -0.05) is 36.7 Å². The fraction of sp³-hybridized carbons (Fsp3) is 0.360. The summed E-state index contributed by atoms with van der Waals surface area (Å²) in [6.45, 7) is 9.25. The van der Waals surface area contributed by atoms with Gasteiger partial charge in [-0.2, -0.15) is 9.78 Å². The highest BCUT2D eigenvalue weighted by Gasteiger charge is 2.23. The van der Waals surface area contributed by atoms with E-state index in [1.165, 1.54) is 11.8 Å². The van der Waals surface area contributed by atoms with Crippen LogP contribution in [0.1, 0.15) is 46.0 Å². The number of nitrogens with zero attached hydrogens (tertiary/aromatic N) is 3. The van der Waals surface area contributed by atoms with E-state index in [9.17, 15) is 9.59 Å². The van der Waals surface area contributed by atoms with Crippen LogP contribution in [0.2, 0.25) is 0 Å². The number of aromatic nitrogens is 2. The number of fused-ring (bicyclic) bond motifs is 1. The Bertz CT molecular complexity index is 1350. The van der Waals surface area contributed by atoms with Gasteiger partial charge in [0.05, 0.1) is 33.9 Å². The molecular formula is C25H27BrIN3O5. The first kappa shape index (κ1) is 27.1. The second-order valence-electron chi connectivity index (χ2n) is 9.07. The Balaban J connectivity index is 2.01. The lowest BCUT2D eigenvalue weighted by Gasteiger charge is -2.21. The van der Waals surface area contributed by atoms with Crippen LogP contribution in [0.25, 0.3) is 10.9 Å². The average molecular weight is 656 g/mol. The minimum atomic E-state index is -0.465. The molecular weight excluding hydrogens is 629 g/mol. The molecule has 0 fully saturated rings. The minimum Gasteiger partial charge on any atom is -0.493 e. The van der Waals surface area contributed by atoms with Gasteiger partial charge in [-0.05, 0) is 72.3 Å². The molecule has 2 aromatic carbocycles. The Hall–Kier alpha value is -2.47. The molecule has 0 saturated carbocycles. The van der Waals surface area contributed by atoms with Crippen LogP contribution in [0, 0.1) is 3.57 Å². The third-order valence-electron chi connectivity index (χ3n) is 4.75. The topological polar surface area (TPSA) is 92.0 Å². The van der Waals surface area contributed by atoms with E-state index in [4.69, 9.17) is 19.2 Å². The molecule has 0 bridgehead atoms. The second-order valence-corrected chi connectivity index (χ2v) is 11.1. The summed E-state index contributed by atoms with van der Waals surface area (Å²) in [5, 5.41) is 4.97. The molecule has 1 heterocycles. The minimum absolute atomic E-state index is 0.224. The fourth-order valence-corrected chi connectivity index (χ4v) is 4.39. The highest BCUT2D eigenvalue weighted by molar-refractivity contribution is 14.1. The third-order valence-corrected chi connectivity index (χ3v) is 6.05. The van der Waals surface area contributed by atoms with Crippen molar-refractivity contribution >= 4 is 61.6 Å². The lowest BCUT2D eigenvalue weighted by Crippen LogP contribution is -2.29. The SMILES string of the molecule is COc1cc(C=Nn2c(C(C)(C)C)nc3ccc(Br)cc3c2=O)cc(I)c1OCC(=O)OC(C)C. The lowest BCUT2D eigenvalue weighted by atomic mass is 9.95. The van der Waals surface area contributed by atoms with Gasteiger partial charge in [0.1, 0.15) is 5.82 Å². The van der Waals surface area contributed by atoms with Gasteiger partial charge in [0.25, 0.3) is 5.56 Å². The number of esters is 1. The molecule has 8 nitrogen and oxygen atoms in total. The van der Waals surface area contributed by atoms with Crippen LogP contribution in [0.5, 0.6) is 11.5 Å². The van der Waals surface area contributed by atoms with Crippen LogP contribution in [0.3, 0.4) is 0 Å². The monoisotopic (exact) mass is 655 g/mol. The van der Waals surface area contributed by atoms with E-state index in [1.807, 2.05) is 39.0 Å². The Labute approximate surface area is 225 Å². The van der Waals surface area contributed by atoms with Crippen LogP contribution in [0.4, 0.5) is 0 Å². The van der Waals surface area contributed by atoms with Gasteiger partial charge in [-0.15, -0.1) is 0 Å². The Morgan fingerprint density at radius 2 is 1.97 bits per heavy atom. The number of ether oxygens (including phenoxy) is 3. The number of carbonyl (C=O) groups is 1. The maximum atomic E-state index is 13.3. The van der Waals surface area contributed by atoms with Crippen molar-refractivity contribution in [3.8, 4) is 11.5 Å². The summed E-state index contributed by atoms with van der Waals surface area (Å²) >= 11 is 5.52. The summed E-state index contributed by atoms with van der Waals surface area (Å²) in [5.74, 6) is 0.933. The van der Waals surface area contributed by atoms with Gasteiger partial charge in [-0.3, -0.25) is 4.79 Å². The van der Waals surface area contributed by atoms with E-state index >= 15 is 0 Å². The molecule has 0 aliphatic heterocycles. The number of halogens is 2. The van der Waals surface area contributed by atoms with Gasteiger partial charge in [0, 0.05) is 9.89 Å². The molecule has 0 saturated heterocycles. The normalized spacial score (nSPS) is 11.9. The fourth-order valence-electron chi connectivity index (χ4n) is 3.25. The zero-order chi connectivity index (χ0) is 25.9. The molecule has 0 aliphatic rings. The maximum Gasteiger partial charge on any atom is 0.344 e. The van der Waals surface area contributed by atoms with Gasteiger partial charge < -0.3 is 14.2 Å². The molecule has 0 radical (unpaired) electrons. The van der Waals surface area contributed by atoms with Crippen LogP contribution < -0.4 is 15.0 Å². The van der Waals surface area contributed by atoms with E-state index in [0.717, 1.165) is 4.47 Å². The van der Waals surface area contributed by atoms with Gasteiger partial charge in [0.2, 0.25) is 0 Å². The molecule has 10 heteroatoms. The molecule has 0 aliphatic carbocycles. The summed E-state index contributed by atoms with van der Waals surface area (Å²) in [6.07, 6.45) is 1.35. The van der Waals surface area contributed by atoms with Crippen LogP contribution >= 0.6 is 38.5 Å². The summed E-state index contributed by atoms with van der Waals surface area (Å²) in [7, 11) is 1.51. The number of rotatable bonds is 7. The second kappa shape index (κ2) is 11.1. The number of benzene rings is 2. The summed E-state index contributed by atoms with van der Waals surface area (Å²) in [5.41, 5.74) is 0.613. The largest absolute Gasteiger partial charge is 0.493 e. The Morgan fingerprint density at radius 1 is 1.26 bits per heavy atom.